The summed E-state index contributed by atoms with van der Waals surface area (Å²) in [5, 5.41) is 4.77. The number of carbonyl (C=O) groups excluding carboxylic acids is 4. The van der Waals surface area contributed by atoms with Crippen molar-refractivity contribution in [2.75, 3.05) is 13.2 Å². The van der Waals surface area contributed by atoms with Crippen LogP contribution in [0.3, 0.4) is 0 Å². The van der Waals surface area contributed by atoms with Crippen LogP contribution in [0.4, 0.5) is 22.0 Å². The van der Waals surface area contributed by atoms with E-state index in [1.54, 1.807) is 12.1 Å². The van der Waals surface area contributed by atoms with E-state index in [1.807, 2.05) is 0 Å². The second-order valence-electron chi connectivity index (χ2n) is 9.93. The third-order valence-corrected chi connectivity index (χ3v) is 6.82. The Morgan fingerprint density at radius 2 is 1.47 bits per heavy atom. The molecule has 0 bridgehead atoms. The van der Waals surface area contributed by atoms with Crippen molar-refractivity contribution in [2.45, 2.75) is 51.3 Å². The zero-order valence-corrected chi connectivity index (χ0v) is 25.1. The normalized spacial score (nSPS) is 13.3. The molecule has 2 aromatic carbocycles. The summed E-state index contributed by atoms with van der Waals surface area (Å²) >= 11 is 17.7. The van der Waals surface area contributed by atoms with Crippen LogP contribution in [-0.2, 0) is 25.6 Å². The van der Waals surface area contributed by atoms with Crippen LogP contribution in [0.5, 0.6) is 5.75 Å². The molecule has 0 unspecified atom stereocenters. The topological polar surface area (TPSA) is 102 Å². The Bertz CT molecular complexity index is 1290. The molecule has 0 radical (unpaired) electrons. The lowest BCUT2D eigenvalue weighted by Gasteiger charge is -2.26. The van der Waals surface area contributed by atoms with Crippen molar-refractivity contribution < 1.29 is 45.9 Å². The molecule has 15 heteroatoms. The second-order valence-corrected chi connectivity index (χ2v) is 11.2. The lowest BCUT2D eigenvalue weighted by molar-refractivity contribution is -0.163. The number of hydrogen-bond acceptors (Lipinski definition) is 5. The average molecular weight is 674 g/mol. The number of nitrogens with one attached hydrogen (secondary N) is 2. The smallest absolute Gasteiger partial charge is 0.390 e. The third kappa shape index (κ3) is 11.9. The van der Waals surface area contributed by atoms with Crippen LogP contribution >= 0.6 is 34.8 Å². The first-order valence-electron chi connectivity index (χ1n) is 12.8. The standard InChI is InChI=1S/C28H28Cl3F5N2O5/c1-15(2)21(25(41)28(35,36)26(42)37-8-7-27(32,33)34)13-23(39)22(9-16-3-5-17(29)6-4-16)38-24(40)14-43-20-11-18(30)10-19(31)12-20/h3-6,10-12,15,21-22H,7-9,13-14H2,1-2H3,(H,37,42)(H,38,40)/t21-,22-/m0/s1. The van der Waals surface area contributed by atoms with Gasteiger partial charge in [-0.3, -0.25) is 19.2 Å². The molecule has 43 heavy (non-hydrogen) atoms. The quantitative estimate of drug-likeness (QED) is 0.172. The molecule has 2 atom stereocenters. The van der Waals surface area contributed by atoms with Gasteiger partial charge in [-0.25, -0.2) is 0 Å². The Hall–Kier alpha value is -2.96. The van der Waals surface area contributed by atoms with Crippen molar-refractivity contribution in [3.8, 4) is 5.75 Å². The summed E-state index contributed by atoms with van der Waals surface area (Å²) in [4.78, 5) is 50.8. The van der Waals surface area contributed by atoms with Crippen LogP contribution < -0.4 is 15.4 Å². The van der Waals surface area contributed by atoms with Gasteiger partial charge in [0.25, 0.3) is 11.8 Å². The van der Waals surface area contributed by atoms with Gasteiger partial charge in [-0.2, -0.15) is 22.0 Å². The Balaban J connectivity index is 2.20. The number of benzene rings is 2. The van der Waals surface area contributed by atoms with Crippen LogP contribution in [0.25, 0.3) is 0 Å². The highest BCUT2D eigenvalue weighted by Gasteiger charge is 2.51. The summed E-state index contributed by atoms with van der Waals surface area (Å²) in [5.41, 5.74) is 0.535. The molecule has 0 saturated carbocycles. The summed E-state index contributed by atoms with van der Waals surface area (Å²) in [6.07, 6.45) is -7.20. The van der Waals surface area contributed by atoms with E-state index < -0.39 is 79.4 Å². The minimum atomic E-state index is -4.71. The summed E-state index contributed by atoms with van der Waals surface area (Å²) < 4.78 is 71.9. The number of carbonyl (C=O) groups is 4. The maximum absolute atomic E-state index is 14.7. The van der Waals surface area contributed by atoms with Crippen molar-refractivity contribution in [3.05, 3.63) is 63.1 Å². The van der Waals surface area contributed by atoms with E-state index in [-0.39, 0.29) is 22.2 Å². The van der Waals surface area contributed by atoms with Gasteiger partial charge in [-0.15, -0.1) is 0 Å². The molecule has 2 rings (SSSR count). The van der Waals surface area contributed by atoms with Crippen molar-refractivity contribution in [3.63, 3.8) is 0 Å². The van der Waals surface area contributed by atoms with Gasteiger partial charge in [0.2, 0.25) is 5.78 Å². The van der Waals surface area contributed by atoms with Crippen LogP contribution in [-0.4, -0.2) is 54.7 Å². The molecule has 0 aliphatic heterocycles. The molecule has 0 spiro atoms. The highest BCUT2D eigenvalue weighted by molar-refractivity contribution is 6.34. The second kappa shape index (κ2) is 15.7. The Labute approximate surface area is 259 Å². The van der Waals surface area contributed by atoms with Crippen molar-refractivity contribution in [1.29, 1.82) is 0 Å². The van der Waals surface area contributed by atoms with Gasteiger partial charge in [0, 0.05) is 34.0 Å². The van der Waals surface area contributed by atoms with E-state index in [9.17, 15) is 41.1 Å². The van der Waals surface area contributed by atoms with E-state index in [0.717, 1.165) is 0 Å². The minimum Gasteiger partial charge on any atom is -0.484 e. The first-order valence-corrected chi connectivity index (χ1v) is 13.9. The molecule has 0 aromatic heterocycles. The fourth-order valence-electron chi connectivity index (χ4n) is 3.86. The number of rotatable bonds is 15. The molecule has 0 aliphatic carbocycles. The van der Waals surface area contributed by atoms with Crippen molar-refractivity contribution in [2.24, 2.45) is 11.8 Å². The van der Waals surface area contributed by atoms with Crippen molar-refractivity contribution in [1.82, 2.24) is 10.6 Å². The molecule has 7 nitrogen and oxygen atoms in total. The SMILES string of the molecule is CC(C)[C@H](CC(=O)[C@H](Cc1ccc(Cl)cc1)NC(=O)COc1cc(Cl)cc(Cl)c1)C(=O)C(F)(F)C(=O)NCCC(F)(F)F. The van der Waals surface area contributed by atoms with Crippen LogP contribution in [0.2, 0.25) is 15.1 Å². The zero-order chi connectivity index (χ0) is 32.5. The number of ether oxygens (including phenoxy) is 1. The van der Waals surface area contributed by atoms with Crippen molar-refractivity contribution >= 4 is 58.2 Å². The van der Waals surface area contributed by atoms with Gasteiger partial charge in [0.1, 0.15) is 5.75 Å². The Kier molecular flexibility index (Phi) is 13.2. The highest BCUT2D eigenvalue weighted by atomic mass is 35.5. The molecule has 2 N–H and O–H groups in total. The highest BCUT2D eigenvalue weighted by Crippen LogP contribution is 2.29. The first kappa shape index (κ1) is 36.2. The minimum absolute atomic E-state index is 0.113. The van der Waals surface area contributed by atoms with E-state index in [1.165, 1.54) is 49.5 Å². The van der Waals surface area contributed by atoms with Crippen LogP contribution in [0.1, 0.15) is 32.3 Å². The monoisotopic (exact) mass is 672 g/mol. The number of hydrogen-bond donors (Lipinski definition) is 2. The molecule has 2 amide bonds. The summed E-state index contributed by atoms with van der Waals surface area (Å²) in [6, 6.07) is 9.13. The Morgan fingerprint density at radius 1 is 0.884 bits per heavy atom. The van der Waals surface area contributed by atoms with Gasteiger partial charge >= 0.3 is 12.1 Å². The molecule has 0 fully saturated rings. The number of amides is 2. The van der Waals surface area contributed by atoms with E-state index in [0.29, 0.717) is 10.6 Å². The Morgan fingerprint density at radius 3 is 2.00 bits per heavy atom. The van der Waals surface area contributed by atoms with Crippen LogP contribution in [0, 0.1) is 11.8 Å². The molecule has 0 heterocycles. The number of halogens is 8. The first-order chi connectivity index (χ1) is 19.9. The van der Waals surface area contributed by atoms with E-state index in [4.69, 9.17) is 39.5 Å². The fraction of sp³-hybridized carbons (Fsp3) is 0.429. The number of ketones is 2. The maximum Gasteiger partial charge on any atom is 0.390 e. The molecule has 0 aliphatic rings. The molecular formula is C28H28Cl3F5N2O5. The van der Waals surface area contributed by atoms with E-state index in [2.05, 4.69) is 5.32 Å². The predicted octanol–water partition coefficient (Wildman–Crippen LogP) is 6.26. The number of Topliss-reactive ketones (excluding diaryl/α,β-unsaturated/α-hetero) is 2. The molecular weight excluding hydrogens is 646 g/mol. The van der Waals surface area contributed by atoms with Gasteiger partial charge in [0.15, 0.2) is 12.4 Å². The summed E-state index contributed by atoms with van der Waals surface area (Å²) in [5.74, 6) is -12.9. The van der Waals surface area contributed by atoms with Gasteiger partial charge in [0.05, 0.1) is 12.5 Å². The summed E-state index contributed by atoms with van der Waals surface area (Å²) in [7, 11) is 0. The fourth-order valence-corrected chi connectivity index (χ4v) is 4.49. The van der Waals surface area contributed by atoms with Gasteiger partial charge in [-0.05, 0) is 48.2 Å². The largest absolute Gasteiger partial charge is 0.484 e. The summed E-state index contributed by atoms with van der Waals surface area (Å²) in [6.45, 7) is 0.993. The number of alkyl halides is 5. The lowest BCUT2D eigenvalue weighted by atomic mass is 9.82. The average Bonchev–Trinajstić information content (AvgIpc) is 2.89. The maximum atomic E-state index is 14.7. The van der Waals surface area contributed by atoms with Crippen LogP contribution in [0.15, 0.2) is 42.5 Å². The van der Waals surface area contributed by atoms with Gasteiger partial charge < -0.3 is 15.4 Å². The molecule has 2 aromatic rings. The predicted molar refractivity (Wildman–Crippen MR) is 151 cm³/mol. The van der Waals surface area contributed by atoms with E-state index >= 15 is 0 Å². The van der Waals surface area contributed by atoms with Gasteiger partial charge in [-0.1, -0.05) is 60.8 Å². The zero-order valence-electron chi connectivity index (χ0n) is 22.9. The molecule has 0 saturated heterocycles. The molecule has 236 valence electrons. The third-order valence-electron chi connectivity index (χ3n) is 6.13. The lowest BCUT2D eigenvalue weighted by Crippen LogP contribution is -2.51.